The number of rotatable bonds is 7. The third-order valence-electron chi connectivity index (χ3n) is 3.36. The number of Topliss-reactive ketones (excluding diaryl/α,β-unsaturated/α-hetero) is 1. The molecule has 0 saturated carbocycles. The Morgan fingerprint density at radius 1 is 1.30 bits per heavy atom. The Morgan fingerprint density at radius 3 is 2.45 bits per heavy atom. The monoisotopic (exact) mass is 275 g/mol. The average molecular weight is 275 g/mol. The van der Waals surface area contributed by atoms with E-state index in [1.165, 1.54) is 7.11 Å². The smallest absolute Gasteiger partial charge is 0.161 e. The van der Waals surface area contributed by atoms with Gasteiger partial charge in [-0.15, -0.1) is 0 Å². The van der Waals surface area contributed by atoms with Crippen molar-refractivity contribution >= 4 is 5.78 Å². The Bertz CT molecular complexity index is 505. The fourth-order valence-corrected chi connectivity index (χ4v) is 2.19. The SMILES string of the molecule is CCCC(C)C(=O)C(C#N)c1ccc(OC)c(OC)c1. The number of ketones is 1. The maximum atomic E-state index is 12.3. The Kier molecular flexibility index (Phi) is 6.05. The van der Waals surface area contributed by atoms with E-state index in [9.17, 15) is 10.1 Å². The van der Waals surface area contributed by atoms with Crippen molar-refractivity contribution in [3.05, 3.63) is 23.8 Å². The number of methoxy groups -OCH3 is 2. The average Bonchev–Trinajstić information content (AvgIpc) is 2.47. The summed E-state index contributed by atoms with van der Waals surface area (Å²) >= 11 is 0. The molecule has 0 aromatic heterocycles. The first-order valence-electron chi connectivity index (χ1n) is 6.74. The zero-order valence-corrected chi connectivity index (χ0v) is 12.5. The lowest BCUT2D eigenvalue weighted by Crippen LogP contribution is -2.19. The number of hydrogen-bond donors (Lipinski definition) is 0. The molecular formula is C16H21NO3. The van der Waals surface area contributed by atoms with Crippen molar-refractivity contribution in [3.63, 3.8) is 0 Å². The normalized spacial score (nSPS) is 13.2. The number of benzene rings is 1. The first-order chi connectivity index (χ1) is 9.58. The predicted octanol–water partition coefficient (Wildman–Crippen LogP) is 3.32. The molecule has 2 atom stereocenters. The van der Waals surface area contributed by atoms with Gasteiger partial charge in [0, 0.05) is 5.92 Å². The number of nitrogens with zero attached hydrogens (tertiary/aromatic N) is 1. The van der Waals surface area contributed by atoms with Crippen LogP contribution in [0.2, 0.25) is 0 Å². The number of carbonyl (C=O) groups is 1. The molecule has 4 heteroatoms. The van der Waals surface area contributed by atoms with Crippen LogP contribution in [0.25, 0.3) is 0 Å². The molecule has 0 aliphatic carbocycles. The summed E-state index contributed by atoms with van der Waals surface area (Å²) in [6.07, 6.45) is 1.72. The molecule has 1 aromatic carbocycles. The van der Waals surface area contributed by atoms with Crippen LogP contribution in [-0.2, 0) is 4.79 Å². The van der Waals surface area contributed by atoms with Crippen LogP contribution in [0, 0.1) is 17.2 Å². The van der Waals surface area contributed by atoms with Crippen molar-refractivity contribution in [2.45, 2.75) is 32.6 Å². The van der Waals surface area contributed by atoms with Gasteiger partial charge in [0.15, 0.2) is 17.3 Å². The van der Waals surface area contributed by atoms with E-state index >= 15 is 0 Å². The third kappa shape index (κ3) is 3.51. The van der Waals surface area contributed by atoms with E-state index in [4.69, 9.17) is 9.47 Å². The van der Waals surface area contributed by atoms with E-state index in [0.29, 0.717) is 17.1 Å². The minimum atomic E-state index is -0.753. The largest absolute Gasteiger partial charge is 0.493 e. The Labute approximate surface area is 120 Å². The molecule has 0 saturated heterocycles. The van der Waals surface area contributed by atoms with Gasteiger partial charge in [-0.25, -0.2) is 0 Å². The van der Waals surface area contributed by atoms with E-state index in [1.807, 2.05) is 13.8 Å². The standard InChI is InChI=1S/C16H21NO3/c1-5-6-11(2)16(18)13(10-17)12-7-8-14(19-3)15(9-12)20-4/h7-9,11,13H,5-6H2,1-4H3. The summed E-state index contributed by atoms with van der Waals surface area (Å²) in [5.41, 5.74) is 0.651. The Hall–Kier alpha value is -2.02. The van der Waals surface area contributed by atoms with Crippen LogP contribution in [0.1, 0.15) is 38.2 Å². The molecule has 0 fully saturated rings. The molecule has 108 valence electrons. The molecule has 0 N–H and O–H groups in total. The van der Waals surface area contributed by atoms with Crippen LogP contribution in [0.5, 0.6) is 11.5 Å². The molecule has 4 nitrogen and oxygen atoms in total. The number of hydrogen-bond acceptors (Lipinski definition) is 4. The van der Waals surface area contributed by atoms with Gasteiger partial charge in [0.25, 0.3) is 0 Å². The van der Waals surface area contributed by atoms with Gasteiger partial charge in [-0.3, -0.25) is 4.79 Å². The van der Waals surface area contributed by atoms with Crippen LogP contribution >= 0.6 is 0 Å². The molecule has 0 radical (unpaired) electrons. The van der Waals surface area contributed by atoms with Crippen LogP contribution < -0.4 is 9.47 Å². The second-order valence-electron chi connectivity index (χ2n) is 4.77. The summed E-state index contributed by atoms with van der Waals surface area (Å²) in [5, 5.41) is 9.31. The summed E-state index contributed by atoms with van der Waals surface area (Å²) in [6.45, 7) is 3.90. The zero-order valence-electron chi connectivity index (χ0n) is 12.5. The van der Waals surface area contributed by atoms with Gasteiger partial charge in [-0.05, 0) is 24.1 Å². The summed E-state index contributed by atoms with van der Waals surface area (Å²) < 4.78 is 10.4. The molecule has 20 heavy (non-hydrogen) atoms. The molecule has 0 aliphatic heterocycles. The highest BCUT2D eigenvalue weighted by Crippen LogP contribution is 2.32. The quantitative estimate of drug-likeness (QED) is 0.766. The minimum absolute atomic E-state index is 0.0402. The van der Waals surface area contributed by atoms with Gasteiger partial charge in [-0.2, -0.15) is 5.26 Å². The van der Waals surface area contributed by atoms with E-state index in [1.54, 1.807) is 25.3 Å². The fourth-order valence-electron chi connectivity index (χ4n) is 2.19. The maximum absolute atomic E-state index is 12.3. The Morgan fingerprint density at radius 2 is 1.95 bits per heavy atom. The van der Waals surface area contributed by atoms with Crippen LogP contribution in [0.3, 0.4) is 0 Å². The lowest BCUT2D eigenvalue weighted by molar-refractivity contribution is -0.122. The van der Waals surface area contributed by atoms with E-state index in [-0.39, 0.29) is 11.7 Å². The summed E-state index contributed by atoms with van der Waals surface area (Å²) in [4.78, 5) is 12.3. The van der Waals surface area contributed by atoms with Crippen molar-refractivity contribution in [2.24, 2.45) is 5.92 Å². The zero-order chi connectivity index (χ0) is 15.1. The van der Waals surface area contributed by atoms with Crippen molar-refractivity contribution in [1.82, 2.24) is 0 Å². The first kappa shape index (κ1) is 16.0. The van der Waals surface area contributed by atoms with Crippen LogP contribution in [0.4, 0.5) is 0 Å². The number of carbonyl (C=O) groups excluding carboxylic acids is 1. The van der Waals surface area contributed by atoms with Crippen molar-refractivity contribution in [1.29, 1.82) is 5.26 Å². The summed E-state index contributed by atoms with van der Waals surface area (Å²) in [6, 6.07) is 7.26. The molecule has 0 aliphatic rings. The second-order valence-corrected chi connectivity index (χ2v) is 4.77. The van der Waals surface area contributed by atoms with Gasteiger partial charge < -0.3 is 9.47 Å². The van der Waals surface area contributed by atoms with Crippen molar-refractivity contribution < 1.29 is 14.3 Å². The molecule has 0 heterocycles. The van der Waals surface area contributed by atoms with Crippen molar-refractivity contribution in [3.8, 4) is 17.6 Å². The molecule has 0 bridgehead atoms. The molecule has 2 unspecified atom stereocenters. The number of nitriles is 1. The predicted molar refractivity (Wildman–Crippen MR) is 77.0 cm³/mol. The van der Waals surface area contributed by atoms with Gasteiger partial charge in [0.05, 0.1) is 20.3 Å². The molecule has 1 aromatic rings. The van der Waals surface area contributed by atoms with E-state index in [0.717, 1.165) is 12.8 Å². The molecule has 0 amide bonds. The van der Waals surface area contributed by atoms with Crippen molar-refractivity contribution in [2.75, 3.05) is 14.2 Å². The second kappa shape index (κ2) is 7.54. The summed E-state index contributed by atoms with van der Waals surface area (Å²) in [7, 11) is 3.08. The first-order valence-corrected chi connectivity index (χ1v) is 6.74. The van der Waals surface area contributed by atoms with Gasteiger partial charge in [-0.1, -0.05) is 26.3 Å². The van der Waals surface area contributed by atoms with Gasteiger partial charge in [0.1, 0.15) is 5.92 Å². The number of ether oxygens (including phenoxy) is 2. The van der Waals surface area contributed by atoms with Gasteiger partial charge >= 0.3 is 0 Å². The van der Waals surface area contributed by atoms with Gasteiger partial charge in [0.2, 0.25) is 0 Å². The molecule has 1 rings (SSSR count). The summed E-state index contributed by atoms with van der Waals surface area (Å²) in [5.74, 6) is 0.207. The minimum Gasteiger partial charge on any atom is -0.493 e. The molecular weight excluding hydrogens is 254 g/mol. The maximum Gasteiger partial charge on any atom is 0.161 e. The van der Waals surface area contributed by atoms with Crippen LogP contribution in [0.15, 0.2) is 18.2 Å². The third-order valence-corrected chi connectivity index (χ3v) is 3.36. The highest BCUT2D eigenvalue weighted by Gasteiger charge is 2.25. The lowest BCUT2D eigenvalue weighted by atomic mass is 9.87. The Balaban J connectivity index is 3.07. The van der Waals surface area contributed by atoms with E-state index in [2.05, 4.69) is 6.07 Å². The van der Waals surface area contributed by atoms with Crippen LogP contribution in [-0.4, -0.2) is 20.0 Å². The highest BCUT2D eigenvalue weighted by atomic mass is 16.5. The topological polar surface area (TPSA) is 59.3 Å². The highest BCUT2D eigenvalue weighted by molar-refractivity contribution is 5.90. The van der Waals surface area contributed by atoms with E-state index < -0.39 is 5.92 Å². The lowest BCUT2D eigenvalue weighted by Gasteiger charge is -2.16. The molecule has 0 spiro atoms. The fraction of sp³-hybridized carbons (Fsp3) is 0.500.